The maximum Gasteiger partial charge on any atom is 0.144 e. The standard InChI is InChI=1S/C10H12ClNO/c1-10(7-13,12-2)8-5-3-4-6-9(8)11/h3-7,12H,1-2H3/t10-/m0/s1. The van der Waals surface area contributed by atoms with Gasteiger partial charge in [-0.2, -0.15) is 0 Å². The predicted octanol–water partition coefficient (Wildman–Crippen LogP) is 1.97. The van der Waals surface area contributed by atoms with Crippen molar-refractivity contribution in [3.05, 3.63) is 34.9 Å². The third-order valence-corrected chi connectivity index (χ3v) is 2.52. The highest BCUT2D eigenvalue weighted by atomic mass is 35.5. The maximum atomic E-state index is 10.9. The molecular formula is C10H12ClNO. The van der Waals surface area contributed by atoms with Crippen LogP contribution in [0.1, 0.15) is 12.5 Å². The molecule has 1 aromatic rings. The number of hydrogen-bond donors (Lipinski definition) is 1. The third kappa shape index (κ3) is 1.90. The van der Waals surface area contributed by atoms with Crippen molar-refractivity contribution in [1.29, 1.82) is 0 Å². The lowest BCUT2D eigenvalue weighted by Gasteiger charge is -2.23. The number of hydrogen-bond acceptors (Lipinski definition) is 2. The molecule has 0 unspecified atom stereocenters. The van der Waals surface area contributed by atoms with Crippen molar-refractivity contribution >= 4 is 17.9 Å². The molecule has 1 atom stereocenters. The fraction of sp³-hybridized carbons (Fsp3) is 0.300. The van der Waals surface area contributed by atoms with Gasteiger partial charge in [0.05, 0.1) is 5.54 Å². The zero-order valence-electron chi connectivity index (χ0n) is 7.67. The van der Waals surface area contributed by atoms with Gasteiger partial charge in [0.1, 0.15) is 6.29 Å². The molecule has 0 aliphatic carbocycles. The molecule has 0 amide bonds. The lowest BCUT2D eigenvalue weighted by Crippen LogP contribution is -2.38. The van der Waals surface area contributed by atoms with E-state index in [-0.39, 0.29) is 0 Å². The second-order valence-electron chi connectivity index (χ2n) is 3.05. The number of likely N-dealkylation sites (N-methyl/N-ethyl adjacent to an activating group) is 1. The number of carbonyl (C=O) groups is 1. The van der Waals surface area contributed by atoms with Crippen molar-refractivity contribution in [2.75, 3.05) is 7.05 Å². The molecule has 1 rings (SSSR count). The van der Waals surface area contributed by atoms with Gasteiger partial charge < -0.3 is 10.1 Å². The van der Waals surface area contributed by atoms with Gasteiger partial charge in [0.15, 0.2) is 0 Å². The third-order valence-electron chi connectivity index (χ3n) is 2.19. The van der Waals surface area contributed by atoms with E-state index in [1.165, 1.54) is 0 Å². The first-order chi connectivity index (χ1) is 6.14. The number of rotatable bonds is 3. The molecule has 0 radical (unpaired) electrons. The molecule has 0 heterocycles. The molecule has 0 fully saturated rings. The number of nitrogens with one attached hydrogen (secondary N) is 1. The number of carbonyl (C=O) groups excluding carboxylic acids is 1. The topological polar surface area (TPSA) is 29.1 Å². The van der Waals surface area contributed by atoms with Crippen LogP contribution < -0.4 is 5.32 Å². The van der Waals surface area contributed by atoms with Crippen LogP contribution in [0.3, 0.4) is 0 Å². The maximum absolute atomic E-state index is 10.9. The minimum Gasteiger partial charge on any atom is -0.305 e. The Kier molecular flexibility index (Phi) is 3.07. The van der Waals surface area contributed by atoms with Gasteiger partial charge in [-0.3, -0.25) is 0 Å². The van der Waals surface area contributed by atoms with E-state index in [1.807, 2.05) is 18.2 Å². The Bertz CT molecular complexity index is 314. The molecule has 0 aliphatic heterocycles. The molecule has 1 aromatic carbocycles. The molecular weight excluding hydrogens is 186 g/mol. The Labute approximate surface area is 82.9 Å². The van der Waals surface area contributed by atoms with Crippen molar-refractivity contribution in [2.45, 2.75) is 12.5 Å². The van der Waals surface area contributed by atoms with Gasteiger partial charge in [-0.15, -0.1) is 0 Å². The van der Waals surface area contributed by atoms with Crippen LogP contribution in [0.5, 0.6) is 0 Å². The van der Waals surface area contributed by atoms with Crippen LogP contribution in [0.2, 0.25) is 5.02 Å². The second kappa shape index (κ2) is 3.90. The van der Waals surface area contributed by atoms with Gasteiger partial charge in [0.2, 0.25) is 0 Å². The van der Waals surface area contributed by atoms with Gasteiger partial charge in [-0.25, -0.2) is 0 Å². The van der Waals surface area contributed by atoms with E-state index in [2.05, 4.69) is 5.32 Å². The predicted molar refractivity (Wildman–Crippen MR) is 53.9 cm³/mol. The summed E-state index contributed by atoms with van der Waals surface area (Å²) >= 11 is 5.97. The molecule has 0 aromatic heterocycles. The van der Waals surface area contributed by atoms with Gasteiger partial charge in [-0.05, 0) is 25.6 Å². The quantitative estimate of drug-likeness (QED) is 0.751. The number of benzene rings is 1. The lowest BCUT2D eigenvalue weighted by molar-refractivity contribution is -0.112. The van der Waals surface area contributed by atoms with E-state index in [9.17, 15) is 4.79 Å². The van der Waals surface area contributed by atoms with Crippen LogP contribution in [0.25, 0.3) is 0 Å². The molecule has 0 bridgehead atoms. The van der Waals surface area contributed by atoms with Gasteiger partial charge in [-0.1, -0.05) is 29.8 Å². The Morgan fingerprint density at radius 3 is 2.54 bits per heavy atom. The molecule has 70 valence electrons. The SMILES string of the molecule is CN[C@@](C)(C=O)c1ccccc1Cl. The summed E-state index contributed by atoms with van der Waals surface area (Å²) in [6, 6.07) is 7.32. The second-order valence-corrected chi connectivity index (χ2v) is 3.46. The summed E-state index contributed by atoms with van der Waals surface area (Å²) in [6.45, 7) is 1.79. The summed E-state index contributed by atoms with van der Waals surface area (Å²) < 4.78 is 0. The minimum absolute atomic E-state index is 0.603. The molecule has 0 saturated heterocycles. The molecule has 0 saturated carbocycles. The van der Waals surface area contributed by atoms with Gasteiger partial charge >= 0.3 is 0 Å². The van der Waals surface area contributed by atoms with E-state index in [4.69, 9.17) is 11.6 Å². The summed E-state index contributed by atoms with van der Waals surface area (Å²) in [5.41, 5.74) is 0.104. The van der Waals surface area contributed by atoms with Crippen molar-refractivity contribution in [3.8, 4) is 0 Å². The Morgan fingerprint density at radius 1 is 1.46 bits per heavy atom. The Morgan fingerprint density at radius 2 is 2.08 bits per heavy atom. The van der Waals surface area contributed by atoms with Gasteiger partial charge in [0, 0.05) is 5.02 Å². The van der Waals surface area contributed by atoms with E-state index < -0.39 is 5.54 Å². The number of aldehydes is 1. The summed E-state index contributed by atoms with van der Waals surface area (Å²) in [4.78, 5) is 10.9. The molecule has 13 heavy (non-hydrogen) atoms. The fourth-order valence-electron chi connectivity index (χ4n) is 1.14. The highest BCUT2D eigenvalue weighted by Gasteiger charge is 2.25. The van der Waals surface area contributed by atoms with Crippen LogP contribution in [0.15, 0.2) is 24.3 Å². The van der Waals surface area contributed by atoms with Crippen molar-refractivity contribution in [2.24, 2.45) is 0 Å². The molecule has 0 spiro atoms. The van der Waals surface area contributed by atoms with E-state index in [1.54, 1.807) is 20.0 Å². The van der Waals surface area contributed by atoms with Crippen LogP contribution in [-0.4, -0.2) is 13.3 Å². The van der Waals surface area contributed by atoms with E-state index in [0.717, 1.165) is 11.8 Å². The average molecular weight is 198 g/mol. The van der Waals surface area contributed by atoms with Crippen LogP contribution in [0.4, 0.5) is 0 Å². The Hall–Kier alpha value is -0.860. The Balaban J connectivity index is 3.19. The zero-order chi connectivity index (χ0) is 9.90. The first kappa shape index (κ1) is 10.2. The first-order valence-electron chi connectivity index (χ1n) is 4.04. The lowest BCUT2D eigenvalue weighted by atomic mass is 9.94. The van der Waals surface area contributed by atoms with Crippen LogP contribution >= 0.6 is 11.6 Å². The summed E-state index contributed by atoms with van der Waals surface area (Å²) in [7, 11) is 1.73. The number of halogens is 1. The molecule has 0 aliphatic rings. The first-order valence-corrected chi connectivity index (χ1v) is 4.42. The largest absolute Gasteiger partial charge is 0.305 e. The minimum atomic E-state index is -0.696. The summed E-state index contributed by atoms with van der Waals surface area (Å²) in [5.74, 6) is 0. The average Bonchev–Trinajstić information content (AvgIpc) is 2.17. The van der Waals surface area contributed by atoms with Crippen molar-refractivity contribution in [1.82, 2.24) is 5.32 Å². The highest BCUT2D eigenvalue weighted by molar-refractivity contribution is 6.31. The summed E-state index contributed by atoms with van der Waals surface area (Å²) in [6.07, 6.45) is 0.855. The van der Waals surface area contributed by atoms with E-state index in [0.29, 0.717) is 5.02 Å². The monoisotopic (exact) mass is 197 g/mol. The molecule has 2 nitrogen and oxygen atoms in total. The zero-order valence-corrected chi connectivity index (χ0v) is 8.43. The smallest absolute Gasteiger partial charge is 0.144 e. The molecule has 1 N–H and O–H groups in total. The van der Waals surface area contributed by atoms with Gasteiger partial charge in [0.25, 0.3) is 0 Å². The summed E-state index contributed by atoms with van der Waals surface area (Å²) in [5, 5.41) is 3.54. The van der Waals surface area contributed by atoms with Crippen molar-refractivity contribution < 1.29 is 4.79 Å². The van der Waals surface area contributed by atoms with E-state index >= 15 is 0 Å². The van der Waals surface area contributed by atoms with Crippen molar-refractivity contribution in [3.63, 3.8) is 0 Å². The highest BCUT2D eigenvalue weighted by Crippen LogP contribution is 2.25. The molecule has 3 heteroatoms. The van der Waals surface area contributed by atoms with Crippen LogP contribution in [-0.2, 0) is 10.3 Å². The fourth-order valence-corrected chi connectivity index (χ4v) is 1.47. The van der Waals surface area contributed by atoms with Crippen LogP contribution in [0, 0.1) is 0 Å². The normalized spacial score (nSPS) is 15.0.